The Balaban J connectivity index is 1.84. The normalized spacial score (nSPS) is 14.3. The quantitative estimate of drug-likeness (QED) is 0.784. The number of ether oxygens (including phenoxy) is 1. The summed E-state index contributed by atoms with van der Waals surface area (Å²) in [6.45, 7) is 3.03. The maximum absolute atomic E-state index is 12.0. The Bertz CT molecular complexity index is 399. The summed E-state index contributed by atoms with van der Waals surface area (Å²) >= 11 is 0. The minimum absolute atomic E-state index is 0.0798. The van der Waals surface area contributed by atoms with Crippen molar-refractivity contribution in [3.05, 3.63) is 24.3 Å². The third-order valence-electron chi connectivity index (χ3n) is 3.01. The monoisotopic (exact) mass is 248 g/mol. The van der Waals surface area contributed by atoms with Gasteiger partial charge < -0.3 is 15.4 Å². The fourth-order valence-corrected chi connectivity index (χ4v) is 1.93. The second-order valence-corrected chi connectivity index (χ2v) is 4.68. The van der Waals surface area contributed by atoms with E-state index in [0.29, 0.717) is 17.5 Å². The topological polar surface area (TPSA) is 55.6 Å². The maximum Gasteiger partial charge on any atom is 0.260 e. The first-order valence-corrected chi connectivity index (χ1v) is 6.48. The Morgan fingerprint density at radius 1 is 1.39 bits per heavy atom. The number of anilines is 1. The summed E-state index contributed by atoms with van der Waals surface area (Å²) < 4.78 is 5.48. The van der Waals surface area contributed by atoms with Gasteiger partial charge in [-0.3, -0.25) is 4.79 Å². The van der Waals surface area contributed by atoms with Crippen molar-refractivity contribution >= 4 is 11.6 Å². The number of benzene rings is 1. The third kappa shape index (κ3) is 3.39. The SMILES string of the molecule is CCCN(C(=O)COc1ccc(N)cc1)C1CC1. The van der Waals surface area contributed by atoms with E-state index in [9.17, 15) is 4.79 Å². The summed E-state index contributed by atoms with van der Waals surface area (Å²) in [4.78, 5) is 14.0. The van der Waals surface area contributed by atoms with Crippen LogP contribution in [0.25, 0.3) is 0 Å². The predicted octanol–water partition coefficient (Wildman–Crippen LogP) is 2.05. The first-order valence-electron chi connectivity index (χ1n) is 6.48. The van der Waals surface area contributed by atoms with Gasteiger partial charge in [0, 0.05) is 18.3 Å². The molecule has 1 aromatic carbocycles. The number of amides is 1. The lowest BCUT2D eigenvalue weighted by atomic mass is 10.3. The molecule has 0 aliphatic heterocycles. The Labute approximate surface area is 108 Å². The van der Waals surface area contributed by atoms with Crippen molar-refractivity contribution in [2.75, 3.05) is 18.9 Å². The molecule has 1 saturated carbocycles. The van der Waals surface area contributed by atoms with Crippen molar-refractivity contribution in [2.45, 2.75) is 32.2 Å². The van der Waals surface area contributed by atoms with Crippen LogP contribution in [0, 0.1) is 0 Å². The van der Waals surface area contributed by atoms with Gasteiger partial charge in [-0.25, -0.2) is 0 Å². The standard InChI is InChI=1S/C14H20N2O2/c1-2-9-16(12-5-6-12)14(17)10-18-13-7-3-11(15)4-8-13/h3-4,7-8,12H,2,5-6,9-10,15H2,1H3. The summed E-state index contributed by atoms with van der Waals surface area (Å²) in [5.74, 6) is 0.765. The molecule has 0 heterocycles. The first-order chi connectivity index (χ1) is 8.70. The van der Waals surface area contributed by atoms with Crippen LogP contribution in [0.1, 0.15) is 26.2 Å². The van der Waals surface area contributed by atoms with E-state index in [0.717, 1.165) is 25.8 Å². The van der Waals surface area contributed by atoms with E-state index >= 15 is 0 Å². The highest BCUT2D eigenvalue weighted by atomic mass is 16.5. The molecule has 0 atom stereocenters. The van der Waals surface area contributed by atoms with Crippen molar-refractivity contribution in [2.24, 2.45) is 0 Å². The lowest BCUT2D eigenvalue weighted by Crippen LogP contribution is -2.37. The second-order valence-electron chi connectivity index (χ2n) is 4.68. The fraction of sp³-hybridized carbons (Fsp3) is 0.500. The van der Waals surface area contributed by atoms with Crippen LogP contribution in [-0.2, 0) is 4.79 Å². The molecule has 1 aliphatic carbocycles. The highest BCUT2D eigenvalue weighted by Crippen LogP contribution is 2.27. The van der Waals surface area contributed by atoms with E-state index in [1.165, 1.54) is 0 Å². The van der Waals surface area contributed by atoms with Crippen LogP contribution < -0.4 is 10.5 Å². The van der Waals surface area contributed by atoms with Gasteiger partial charge in [0.25, 0.3) is 5.91 Å². The van der Waals surface area contributed by atoms with Crippen LogP contribution in [0.15, 0.2) is 24.3 Å². The van der Waals surface area contributed by atoms with Gasteiger partial charge in [-0.1, -0.05) is 6.92 Å². The minimum atomic E-state index is 0.0798. The van der Waals surface area contributed by atoms with Crippen molar-refractivity contribution in [1.29, 1.82) is 0 Å². The maximum atomic E-state index is 12.0. The van der Waals surface area contributed by atoms with Gasteiger partial charge >= 0.3 is 0 Å². The number of nitrogens with zero attached hydrogens (tertiary/aromatic N) is 1. The molecule has 4 nitrogen and oxygen atoms in total. The smallest absolute Gasteiger partial charge is 0.260 e. The molecule has 1 fully saturated rings. The summed E-state index contributed by atoms with van der Waals surface area (Å²) in [6.07, 6.45) is 3.26. The number of carbonyl (C=O) groups is 1. The van der Waals surface area contributed by atoms with Crippen LogP contribution in [-0.4, -0.2) is 30.0 Å². The van der Waals surface area contributed by atoms with Gasteiger partial charge in [-0.15, -0.1) is 0 Å². The van der Waals surface area contributed by atoms with Crippen LogP contribution in [0.5, 0.6) is 5.75 Å². The largest absolute Gasteiger partial charge is 0.484 e. The van der Waals surface area contributed by atoms with Crippen LogP contribution in [0.3, 0.4) is 0 Å². The second kappa shape index (κ2) is 5.76. The molecular formula is C14H20N2O2. The van der Waals surface area contributed by atoms with Crippen LogP contribution in [0.2, 0.25) is 0 Å². The minimum Gasteiger partial charge on any atom is -0.484 e. The number of carbonyl (C=O) groups excluding carboxylic acids is 1. The van der Waals surface area contributed by atoms with Gasteiger partial charge in [-0.05, 0) is 43.5 Å². The molecule has 0 saturated heterocycles. The lowest BCUT2D eigenvalue weighted by molar-refractivity contribution is -0.134. The number of hydrogen-bond acceptors (Lipinski definition) is 3. The Morgan fingerprint density at radius 3 is 2.61 bits per heavy atom. The van der Waals surface area contributed by atoms with Crippen molar-refractivity contribution in [3.8, 4) is 5.75 Å². The average molecular weight is 248 g/mol. The molecule has 98 valence electrons. The third-order valence-corrected chi connectivity index (χ3v) is 3.01. The van der Waals surface area contributed by atoms with Crippen LogP contribution >= 0.6 is 0 Å². The molecule has 4 heteroatoms. The van der Waals surface area contributed by atoms with Gasteiger partial charge in [0.15, 0.2) is 6.61 Å². The van der Waals surface area contributed by atoms with E-state index in [4.69, 9.17) is 10.5 Å². The molecule has 1 amide bonds. The zero-order valence-corrected chi connectivity index (χ0v) is 10.8. The van der Waals surface area contributed by atoms with Crippen LogP contribution in [0.4, 0.5) is 5.69 Å². The molecule has 0 aromatic heterocycles. The molecule has 1 aliphatic rings. The molecule has 0 radical (unpaired) electrons. The zero-order valence-electron chi connectivity index (χ0n) is 10.8. The molecule has 0 bridgehead atoms. The predicted molar refractivity (Wildman–Crippen MR) is 71.4 cm³/mol. The summed E-state index contributed by atoms with van der Waals surface area (Å²) in [5.41, 5.74) is 6.28. The van der Waals surface area contributed by atoms with Gasteiger partial charge in [0.1, 0.15) is 5.75 Å². The van der Waals surface area contributed by atoms with E-state index in [2.05, 4.69) is 6.92 Å². The number of nitrogen functional groups attached to an aromatic ring is 1. The molecular weight excluding hydrogens is 228 g/mol. The van der Waals surface area contributed by atoms with Gasteiger partial charge in [0.2, 0.25) is 0 Å². The highest BCUT2D eigenvalue weighted by Gasteiger charge is 2.31. The summed E-state index contributed by atoms with van der Waals surface area (Å²) in [7, 11) is 0. The summed E-state index contributed by atoms with van der Waals surface area (Å²) in [5, 5.41) is 0. The molecule has 2 rings (SSSR count). The van der Waals surface area contributed by atoms with E-state index in [1.54, 1.807) is 24.3 Å². The van der Waals surface area contributed by atoms with E-state index < -0.39 is 0 Å². The molecule has 2 N–H and O–H groups in total. The summed E-state index contributed by atoms with van der Waals surface area (Å²) in [6, 6.07) is 7.55. The van der Waals surface area contributed by atoms with E-state index in [-0.39, 0.29) is 12.5 Å². The number of nitrogens with two attached hydrogens (primary N) is 1. The molecule has 1 aromatic rings. The number of hydrogen-bond donors (Lipinski definition) is 1. The first kappa shape index (κ1) is 12.7. The van der Waals surface area contributed by atoms with Crippen molar-refractivity contribution in [1.82, 2.24) is 4.90 Å². The Hall–Kier alpha value is -1.71. The Morgan fingerprint density at radius 2 is 2.06 bits per heavy atom. The highest BCUT2D eigenvalue weighted by molar-refractivity contribution is 5.78. The van der Waals surface area contributed by atoms with E-state index in [1.807, 2.05) is 4.90 Å². The van der Waals surface area contributed by atoms with Crippen molar-refractivity contribution < 1.29 is 9.53 Å². The Kier molecular flexibility index (Phi) is 4.07. The fourth-order valence-electron chi connectivity index (χ4n) is 1.93. The number of rotatable bonds is 6. The van der Waals surface area contributed by atoms with Gasteiger partial charge in [0.05, 0.1) is 0 Å². The van der Waals surface area contributed by atoms with Crippen molar-refractivity contribution in [3.63, 3.8) is 0 Å². The molecule has 0 spiro atoms. The van der Waals surface area contributed by atoms with Gasteiger partial charge in [-0.2, -0.15) is 0 Å². The molecule has 0 unspecified atom stereocenters. The average Bonchev–Trinajstić information content (AvgIpc) is 3.19. The lowest BCUT2D eigenvalue weighted by Gasteiger charge is -2.21. The zero-order chi connectivity index (χ0) is 13.0. The molecule has 18 heavy (non-hydrogen) atoms.